The van der Waals surface area contributed by atoms with Crippen molar-refractivity contribution in [2.75, 3.05) is 13.2 Å². The number of nitrogens with one attached hydrogen (secondary N) is 1. The van der Waals surface area contributed by atoms with E-state index in [1.165, 1.54) is 353 Å². The minimum atomic E-state index is -0.657. The molecule has 0 radical (unpaired) electrons. The van der Waals surface area contributed by atoms with Gasteiger partial charge in [-0.2, -0.15) is 0 Å². The molecule has 0 aliphatic rings. The monoisotopic (exact) mass is 1140 g/mol. The van der Waals surface area contributed by atoms with E-state index in [1.807, 2.05) is 0 Å². The number of allylic oxidation sites excluding steroid dienone is 2. The van der Waals surface area contributed by atoms with Gasteiger partial charge in [0.25, 0.3) is 0 Å². The van der Waals surface area contributed by atoms with Gasteiger partial charge >= 0.3 is 5.97 Å². The zero-order chi connectivity index (χ0) is 58.5. The molecule has 81 heavy (non-hydrogen) atoms. The number of ether oxygens (including phenoxy) is 1. The summed E-state index contributed by atoms with van der Waals surface area (Å²) in [6.45, 7) is 4.96. The van der Waals surface area contributed by atoms with Crippen molar-refractivity contribution in [2.24, 2.45) is 0 Å². The number of aliphatic hydroxyl groups is 2. The molecule has 0 bridgehead atoms. The molecule has 2 atom stereocenters. The first kappa shape index (κ1) is 79.6. The first-order chi connectivity index (χ1) is 40.0. The van der Waals surface area contributed by atoms with E-state index in [2.05, 4.69) is 31.3 Å². The zero-order valence-electron chi connectivity index (χ0n) is 55.3. The van der Waals surface area contributed by atoms with E-state index in [-0.39, 0.29) is 18.5 Å². The van der Waals surface area contributed by atoms with Crippen LogP contribution in [0.4, 0.5) is 0 Å². The summed E-state index contributed by atoms with van der Waals surface area (Å²) in [7, 11) is 0. The molecule has 3 N–H and O–H groups in total. The van der Waals surface area contributed by atoms with Crippen LogP contribution in [0.5, 0.6) is 0 Å². The molecule has 1 amide bonds. The molecule has 0 saturated heterocycles. The Morgan fingerprint density at radius 2 is 0.580 bits per heavy atom. The lowest BCUT2D eigenvalue weighted by Crippen LogP contribution is -2.45. The largest absolute Gasteiger partial charge is 0.466 e. The van der Waals surface area contributed by atoms with Crippen molar-refractivity contribution in [3.63, 3.8) is 0 Å². The van der Waals surface area contributed by atoms with Gasteiger partial charge in [-0.05, 0) is 51.4 Å². The van der Waals surface area contributed by atoms with E-state index >= 15 is 0 Å². The van der Waals surface area contributed by atoms with Gasteiger partial charge < -0.3 is 20.3 Å². The highest BCUT2D eigenvalue weighted by Gasteiger charge is 2.20. The second-order valence-corrected chi connectivity index (χ2v) is 26.0. The van der Waals surface area contributed by atoms with Crippen LogP contribution in [0.15, 0.2) is 12.2 Å². The highest BCUT2D eigenvalue weighted by Crippen LogP contribution is 2.20. The third-order valence-electron chi connectivity index (χ3n) is 17.8. The summed E-state index contributed by atoms with van der Waals surface area (Å²) in [6, 6.07) is -0.533. The number of aliphatic hydroxyl groups excluding tert-OH is 2. The molecular weight excluding hydrogens is 995 g/mol. The summed E-state index contributed by atoms with van der Waals surface area (Å²) in [5.41, 5.74) is 0. The maximum absolute atomic E-state index is 12.4. The summed E-state index contributed by atoms with van der Waals surface area (Å²) in [5, 5.41) is 23.2. The fraction of sp³-hybridized carbons (Fsp3) is 0.947. The third-order valence-corrected chi connectivity index (χ3v) is 17.8. The van der Waals surface area contributed by atoms with Gasteiger partial charge in [-0.1, -0.05) is 379 Å². The van der Waals surface area contributed by atoms with Crippen molar-refractivity contribution >= 4 is 11.9 Å². The summed E-state index contributed by atoms with van der Waals surface area (Å²) in [6.07, 6.45) is 88.9. The molecule has 0 aromatic carbocycles. The Labute approximate surface area is 508 Å². The molecule has 0 rings (SSSR count). The van der Waals surface area contributed by atoms with Crippen LogP contribution in [-0.2, 0) is 14.3 Å². The van der Waals surface area contributed by atoms with Gasteiger partial charge in [-0.25, -0.2) is 0 Å². The molecule has 0 aliphatic heterocycles. The van der Waals surface area contributed by atoms with E-state index in [0.717, 1.165) is 44.9 Å². The van der Waals surface area contributed by atoms with Crippen molar-refractivity contribution in [1.82, 2.24) is 5.32 Å². The molecule has 6 heteroatoms. The number of esters is 1. The molecular formula is C75H147NO5. The molecule has 0 saturated carbocycles. The summed E-state index contributed by atoms with van der Waals surface area (Å²) in [4.78, 5) is 24.5. The average molecular weight is 1140 g/mol. The maximum Gasteiger partial charge on any atom is 0.305 e. The molecule has 2 unspecified atom stereocenters. The molecule has 0 aromatic rings. The van der Waals surface area contributed by atoms with Crippen molar-refractivity contribution < 1.29 is 24.5 Å². The number of unbranched alkanes of at least 4 members (excludes halogenated alkanes) is 58. The molecule has 6 nitrogen and oxygen atoms in total. The first-order valence-electron chi connectivity index (χ1n) is 37.4. The molecule has 0 aliphatic carbocycles. The Kier molecular flexibility index (Phi) is 69.9. The standard InChI is InChI=1S/C75H147NO5/c1-3-5-7-9-11-13-14-15-16-43-46-49-53-57-61-65-69-75(80)81-70-66-62-58-54-50-47-44-41-39-37-35-33-31-29-27-25-23-21-19-17-18-20-22-24-26-28-30-32-34-36-38-40-42-45-48-52-56-60-64-68-74(79)76-72(71-77)73(78)67-63-59-55-51-12-10-8-6-4-2/h16,43,72-73,77-78H,3-15,17-42,44-71H2,1-2H3,(H,76,79)/b43-16-. The molecule has 0 fully saturated rings. The lowest BCUT2D eigenvalue weighted by atomic mass is 10.0. The molecule has 482 valence electrons. The van der Waals surface area contributed by atoms with Gasteiger partial charge in [0.2, 0.25) is 5.91 Å². The summed E-state index contributed by atoms with van der Waals surface area (Å²) >= 11 is 0. The second-order valence-electron chi connectivity index (χ2n) is 26.0. The lowest BCUT2D eigenvalue weighted by molar-refractivity contribution is -0.143. The van der Waals surface area contributed by atoms with Gasteiger partial charge in [0.1, 0.15) is 0 Å². The highest BCUT2D eigenvalue weighted by molar-refractivity contribution is 5.76. The summed E-state index contributed by atoms with van der Waals surface area (Å²) < 4.78 is 5.50. The van der Waals surface area contributed by atoms with E-state index in [1.54, 1.807) is 0 Å². The van der Waals surface area contributed by atoms with Crippen molar-refractivity contribution in [2.45, 2.75) is 443 Å². The molecule has 0 spiro atoms. The van der Waals surface area contributed by atoms with Crippen LogP contribution < -0.4 is 5.32 Å². The maximum atomic E-state index is 12.4. The predicted octanol–water partition coefficient (Wildman–Crippen LogP) is 24.3. The first-order valence-corrected chi connectivity index (χ1v) is 37.4. The van der Waals surface area contributed by atoms with E-state index in [9.17, 15) is 19.8 Å². The van der Waals surface area contributed by atoms with Gasteiger partial charge in [0, 0.05) is 12.8 Å². The SMILES string of the molecule is CCCCCCCCC/C=C\CCCCCCCC(=O)OCCCCCCCCCCCCCCCCCCCCCCCCCCCCCCCCCCCCCCCCCC(=O)NC(CO)C(O)CCCCCCCCCCC. The van der Waals surface area contributed by atoms with Crippen molar-refractivity contribution in [1.29, 1.82) is 0 Å². The summed E-state index contributed by atoms with van der Waals surface area (Å²) in [5.74, 6) is -0.0115. The highest BCUT2D eigenvalue weighted by atomic mass is 16.5. The van der Waals surface area contributed by atoms with E-state index in [4.69, 9.17) is 4.74 Å². The Hall–Kier alpha value is -1.40. The van der Waals surface area contributed by atoms with Crippen LogP contribution in [0.2, 0.25) is 0 Å². The number of hydrogen-bond donors (Lipinski definition) is 3. The average Bonchev–Trinajstić information content (AvgIpc) is 3.47. The Bertz CT molecular complexity index is 1220. The quantitative estimate of drug-likeness (QED) is 0.0320. The lowest BCUT2D eigenvalue weighted by Gasteiger charge is -2.22. The van der Waals surface area contributed by atoms with Crippen molar-refractivity contribution in [3.05, 3.63) is 12.2 Å². The fourth-order valence-corrected chi connectivity index (χ4v) is 12.1. The number of amides is 1. The number of rotatable bonds is 71. The predicted molar refractivity (Wildman–Crippen MR) is 357 cm³/mol. The smallest absolute Gasteiger partial charge is 0.305 e. The molecule has 0 heterocycles. The van der Waals surface area contributed by atoms with Crippen LogP contribution in [0, 0.1) is 0 Å². The normalized spacial score (nSPS) is 12.5. The Morgan fingerprint density at radius 1 is 0.333 bits per heavy atom. The van der Waals surface area contributed by atoms with Gasteiger partial charge in [0.15, 0.2) is 0 Å². The third kappa shape index (κ3) is 67.6. The van der Waals surface area contributed by atoms with E-state index in [0.29, 0.717) is 25.9 Å². The number of carbonyl (C=O) groups is 2. The minimum absolute atomic E-state index is 0.0175. The van der Waals surface area contributed by atoms with Gasteiger partial charge in [-0.15, -0.1) is 0 Å². The van der Waals surface area contributed by atoms with E-state index < -0.39 is 12.1 Å². The topological polar surface area (TPSA) is 95.9 Å². The van der Waals surface area contributed by atoms with Crippen LogP contribution >= 0.6 is 0 Å². The van der Waals surface area contributed by atoms with Crippen LogP contribution in [0.1, 0.15) is 431 Å². The number of hydrogen-bond acceptors (Lipinski definition) is 5. The zero-order valence-corrected chi connectivity index (χ0v) is 55.3. The van der Waals surface area contributed by atoms with Crippen LogP contribution in [0.25, 0.3) is 0 Å². The Balaban J connectivity index is 3.25. The second kappa shape index (κ2) is 71.1. The van der Waals surface area contributed by atoms with Gasteiger partial charge in [-0.3, -0.25) is 9.59 Å². The number of carbonyl (C=O) groups excluding carboxylic acids is 2. The molecule has 0 aromatic heterocycles. The Morgan fingerprint density at radius 3 is 0.877 bits per heavy atom. The van der Waals surface area contributed by atoms with Crippen LogP contribution in [-0.4, -0.2) is 47.4 Å². The minimum Gasteiger partial charge on any atom is -0.466 e. The van der Waals surface area contributed by atoms with Crippen molar-refractivity contribution in [3.8, 4) is 0 Å². The fourth-order valence-electron chi connectivity index (χ4n) is 12.1. The van der Waals surface area contributed by atoms with Gasteiger partial charge in [0.05, 0.1) is 25.4 Å². The van der Waals surface area contributed by atoms with Crippen LogP contribution in [0.3, 0.4) is 0 Å².